The highest BCUT2D eigenvalue weighted by molar-refractivity contribution is 4.89. The van der Waals surface area contributed by atoms with Crippen molar-refractivity contribution in [2.24, 2.45) is 0 Å². The van der Waals surface area contributed by atoms with E-state index in [0.717, 1.165) is 0 Å². The molecular formula is C7H13FO5. The lowest BCUT2D eigenvalue weighted by molar-refractivity contribution is -0.268. The maximum atomic E-state index is 13.0. The fourth-order valence-electron chi connectivity index (χ4n) is 1.29. The van der Waals surface area contributed by atoms with Gasteiger partial charge in [0.1, 0.15) is 24.4 Å². The third-order valence-corrected chi connectivity index (χ3v) is 2.08. The molecule has 13 heavy (non-hydrogen) atoms. The third-order valence-electron chi connectivity index (χ3n) is 2.08. The van der Waals surface area contributed by atoms with E-state index in [1.165, 1.54) is 7.11 Å². The summed E-state index contributed by atoms with van der Waals surface area (Å²) in [7, 11) is 1.20. The van der Waals surface area contributed by atoms with E-state index in [9.17, 15) is 14.6 Å². The Labute approximate surface area is 74.7 Å². The van der Waals surface area contributed by atoms with Gasteiger partial charge in [-0.15, -0.1) is 0 Å². The van der Waals surface area contributed by atoms with Crippen molar-refractivity contribution in [3.63, 3.8) is 0 Å². The zero-order valence-electron chi connectivity index (χ0n) is 7.13. The largest absolute Gasteiger partial charge is 0.394 e. The van der Waals surface area contributed by atoms with Crippen molar-refractivity contribution in [2.45, 2.75) is 30.8 Å². The Morgan fingerprint density at radius 3 is 2.46 bits per heavy atom. The summed E-state index contributed by atoms with van der Waals surface area (Å²) in [5.41, 5.74) is 0. The summed E-state index contributed by atoms with van der Waals surface area (Å²) in [5.74, 6) is 0. The van der Waals surface area contributed by atoms with E-state index < -0.39 is 37.4 Å². The Morgan fingerprint density at radius 1 is 1.38 bits per heavy atom. The van der Waals surface area contributed by atoms with E-state index in [4.69, 9.17) is 5.11 Å². The fraction of sp³-hybridized carbons (Fsp3) is 1.00. The van der Waals surface area contributed by atoms with Crippen LogP contribution in [0.15, 0.2) is 0 Å². The SMILES string of the molecule is CO[C@@H]1[C@@H](O)[C@H](O)[C@@H](CO)O[C@@H]1F. The summed E-state index contributed by atoms with van der Waals surface area (Å²) in [6, 6.07) is 0. The van der Waals surface area contributed by atoms with Crippen LogP contribution in [0.4, 0.5) is 4.39 Å². The second kappa shape index (κ2) is 4.30. The van der Waals surface area contributed by atoms with Crippen molar-refractivity contribution in [3.05, 3.63) is 0 Å². The topological polar surface area (TPSA) is 79.2 Å². The van der Waals surface area contributed by atoms with Crippen LogP contribution in [-0.4, -0.2) is 59.8 Å². The molecule has 0 aromatic carbocycles. The summed E-state index contributed by atoms with van der Waals surface area (Å²) >= 11 is 0. The number of aliphatic hydroxyl groups is 3. The first kappa shape index (κ1) is 10.8. The van der Waals surface area contributed by atoms with Gasteiger partial charge in [0.25, 0.3) is 0 Å². The number of hydrogen-bond donors (Lipinski definition) is 3. The zero-order valence-corrected chi connectivity index (χ0v) is 7.13. The normalized spacial score (nSPS) is 46.4. The first-order chi connectivity index (χ1) is 6.11. The summed E-state index contributed by atoms with van der Waals surface area (Å²) in [6.45, 7) is -0.547. The Balaban J connectivity index is 2.66. The molecule has 1 aliphatic rings. The first-order valence-corrected chi connectivity index (χ1v) is 3.91. The van der Waals surface area contributed by atoms with Gasteiger partial charge in [-0.2, -0.15) is 0 Å². The van der Waals surface area contributed by atoms with E-state index in [1.54, 1.807) is 0 Å². The van der Waals surface area contributed by atoms with Crippen LogP contribution < -0.4 is 0 Å². The minimum Gasteiger partial charge on any atom is -0.394 e. The molecule has 0 aromatic heterocycles. The van der Waals surface area contributed by atoms with E-state index in [0.29, 0.717) is 0 Å². The molecule has 1 fully saturated rings. The minimum absolute atomic E-state index is 0.547. The van der Waals surface area contributed by atoms with Gasteiger partial charge in [0.15, 0.2) is 0 Å². The fourth-order valence-corrected chi connectivity index (χ4v) is 1.29. The van der Waals surface area contributed by atoms with Crippen LogP contribution in [0.25, 0.3) is 0 Å². The molecule has 0 radical (unpaired) electrons. The molecule has 1 heterocycles. The van der Waals surface area contributed by atoms with Crippen LogP contribution in [0.3, 0.4) is 0 Å². The number of aliphatic hydroxyl groups excluding tert-OH is 3. The number of alkyl halides is 1. The molecule has 78 valence electrons. The lowest BCUT2D eigenvalue weighted by Gasteiger charge is -2.38. The van der Waals surface area contributed by atoms with Gasteiger partial charge in [-0.1, -0.05) is 0 Å². The minimum atomic E-state index is -1.83. The molecule has 1 aliphatic heterocycles. The Morgan fingerprint density at radius 2 is 2.00 bits per heavy atom. The van der Waals surface area contributed by atoms with Crippen molar-refractivity contribution < 1.29 is 29.2 Å². The van der Waals surface area contributed by atoms with E-state index in [1.807, 2.05) is 0 Å². The third kappa shape index (κ3) is 1.97. The van der Waals surface area contributed by atoms with Gasteiger partial charge in [-0.3, -0.25) is 0 Å². The summed E-state index contributed by atoms with van der Waals surface area (Å²) < 4.78 is 22.1. The summed E-state index contributed by atoms with van der Waals surface area (Å²) in [5, 5.41) is 27.2. The monoisotopic (exact) mass is 196 g/mol. The molecule has 0 saturated carbocycles. The zero-order chi connectivity index (χ0) is 10.0. The standard InChI is InChI=1S/C7H13FO5/c1-12-6-5(11)4(10)3(2-9)13-7(6)8/h3-7,9-11H,2H2,1H3/t3-,4-,5+,6-,7+/m1/s1. The van der Waals surface area contributed by atoms with Crippen LogP contribution in [-0.2, 0) is 9.47 Å². The predicted octanol–water partition coefficient (Wildman–Crippen LogP) is -1.59. The quantitative estimate of drug-likeness (QED) is 0.496. The molecular weight excluding hydrogens is 183 g/mol. The molecule has 1 saturated heterocycles. The average Bonchev–Trinajstić information content (AvgIpc) is 2.12. The number of halogens is 1. The molecule has 0 bridgehead atoms. The second-order valence-corrected chi connectivity index (χ2v) is 2.89. The van der Waals surface area contributed by atoms with Gasteiger partial charge < -0.3 is 24.8 Å². The van der Waals surface area contributed by atoms with Gasteiger partial charge in [-0.05, 0) is 0 Å². The second-order valence-electron chi connectivity index (χ2n) is 2.89. The van der Waals surface area contributed by atoms with Crippen LogP contribution in [0.2, 0.25) is 0 Å². The molecule has 5 nitrogen and oxygen atoms in total. The smallest absolute Gasteiger partial charge is 0.228 e. The van der Waals surface area contributed by atoms with Crippen molar-refractivity contribution in [3.8, 4) is 0 Å². The van der Waals surface area contributed by atoms with Crippen LogP contribution in [0, 0.1) is 0 Å². The van der Waals surface area contributed by atoms with Crippen molar-refractivity contribution in [1.82, 2.24) is 0 Å². The first-order valence-electron chi connectivity index (χ1n) is 3.91. The summed E-state index contributed by atoms with van der Waals surface area (Å²) in [6.07, 6.45) is -6.86. The van der Waals surface area contributed by atoms with Crippen LogP contribution >= 0.6 is 0 Å². The highest BCUT2D eigenvalue weighted by Crippen LogP contribution is 2.23. The molecule has 0 unspecified atom stereocenters. The molecule has 5 atom stereocenters. The summed E-state index contributed by atoms with van der Waals surface area (Å²) in [4.78, 5) is 0. The molecule has 3 N–H and O–H groups in total. The van der Waals surface area contributed by atoms with E-state index in [-0.39, 0.29) is 0 Å². The van der Waals surface area contributed by atoms with Gasteiger partial charge >= 0.3 is 0 Å². The highest BCUT2D eigenvalue weighted by Gasteiger charge is 2.44. The molecule has 0 spiro atoms. The maximum Gasteiger partial charge on any atom is 0.228 e. The highest BCUT2D eigenvalue weighted by atomic mass is 19.1. The Bertz CT molecular complexity index is 167. The number of rotatable bonds is 2. The predicted molar refractivity (Wildman–Crippen MR) is 39.7 cm³/mol. The van der Waals surface area contributed by atoms with Gasteiger partial charge in [-0.25, -0.2) is 4.39 Å². The number of hydrogen-bond acceptors (Lipinski definition) is 5. The lowest BCUT2D eigenvalue weighted by atomic mass is 10.00. The van der Waals surface area contributed by atoms with Gasteiger partial charge in [0, 0.05) is 7.11 Å². The van der Waals surface area contributed by atoms with Crippen LogP contribution in [0.5, 0.6) is 0 Å². The van der Waals surface area contributed by atoms with E-state index in [2.05, 4.69) is 9.47 Å². The molecule has 6 heteroatoms. The Kier molecular flexibility index (Phi) is 3.57. The molecule has 1 rings (SSSR count). The Hall–Kier alpha value is -0.270. The molecule has 0 aliphatic carbocycles. The van der Waals surface area contributed by atoms with Crippen molar-refractivity contribution >= 4 is 0 Å². The average molecular weight is 196 g/mol. The maximum absolute atomic E-state index is 13.0. The molecule has 0 amide bonds. The van der Waals surface area contributed by atoms with Crippen molar-refractivity contribution in [2.75, 3.05) is 13.7 Å². The lowest BCUT2D eigenvalue weighted by Crippen LogP contribution is -2.57. The molecule has 0 aromatic rings. The number of methoxy groups -OCH3 is 1. The van der Waals surface area contributed by atoms with Crippen molar-refractivity contribution in [1.29, 1.82) is 0 Å². The van der Waals surface area contributed by atoms with Crippen LogP contribution in [0.1, 0.15) is 0 Å². The van der Waals surface area contributed by atoms with E-state index >= 15 is 0 Å². The van der Waals surface area contributed by atoms with Gasteiger partial charge in [0.05, 0.1) is 6.61 Å². The number of ether oxygens (including phenoxy) is 2. The van der Waals surface area contributed by atoms with Gasteiger partial charge in [0.2, 0.25) is 6.36 Å².